The summed E-state index contributed by atoms with van der Waals surface area (Å²) in [5.41, 5.74) is 1.46. The number of hydrogen-bond acceptors (Lipinski definition) is 3. The number of aromatic amines is 1. The number of carbonyl (C=O) groups excluding carboxylic acids is 1. The van der Waals surface area contributed by atoms with E-state index in [1.54, 1.807) is 12.3 Å². The fraction of sp³-hybridized carbons (Fsp3) is 0.286. The van der Waals surface area contributed by atoms with Gasteiger partial charge in [-0.25, -0.2) is 0 Å². The molecule has 1 aromatic carbocycles. The first-order valence-corrected chi connectivity index (χ1v) is 6.64. The summed E-state index contributed by atoms with van der Waals surface area (Å²) in [5.74, 6) is -0.177. The molecule has 2 N–H and O–H groups in total. The van der Waals surface area contributed by atoms with E-state index < -0.39 is 0 Å². The van der Waals surface area contributed by atoms with Crippen LogP contribution in [0.5, 0.6) is 0 Å². The number of aromatic nitrogens is 2. The minimum absolute atomic E-state index is 0.113. The molecule has 0 aliphatic rings. The van der Waals surface area contributed by atoms with Crippen LogP contribution < -0.4 is 5.32 Å². The lowest BCUT2D eigenvalue weighted by atomic mass is 10.1. The molecule has 0 aliphatic carbocycles. The number of benzene rings is 1. The van der Waals surface area contributed by atoms with Gasteiger partial charge in [-0.05, 0) is 37.9 Å². The molecule has 106 valence electrons. The molecule has 0 spiro atoms. The summed E-state index contributed by atoms with van der Waals surface area (Å²) < 4.78 is 0. The fourth-order valence-corrected chi connectivity index (χ4v) is 2.04. The number of nitrogens with zero attached hydrogens (tertiary/aromatic N) is 2. The Morgan fingerprint density at radius 3 is 2.60 bits per heavy atom. The molecule has 2 aromatic rings. The van der Waals surface area contributed by atoms with E-state index in [2.05, 4.69) is 15.5 Å². The monoisotopic (exact) mass is 292 g/mol. The molecule has 0 saturated heterocycles. The molecular formula is C14H17ClN4O. The Balaban J connectivity index is 2.15. The lowest BCUT2D eigenvalue weighted by molar-refractivity contribution is 0.0925. The molecule has 1 atom stereocenters. The maximum atomic E-state index is 12.1. The molecule has 0 aliphatic heterocycles. The highest BCUT2D eigenvalue weighted by Crippen LogP contribution is 2.17. The SMILES string of the molecule is CN(C)C[C@@H](NC(=O)c1ccn[nH]1)c1ccc(Cl)cc1. The van der Waals surface area contributed by atoms with E-state index in [1.807, 2.05) is 43.3 Å². The van der Waals surface area contributed by atoms with E-state index in [9.17, 15) is 4.79 Å². The van der Waals surface area contributed by atoms with Gasteiger partial charge in [-0.1, -0.05) is 23.7 Å². The van der Waals surface area contributed by atoms with Gasteiger partial charge in [-0.2, -0.15) is 5.10 Å². The van der Waals surface area contributed by atoms with Gasteiger partial charge in [0.2, 0.25) is 0 Å². The predicted octanol–water partition coefficient (Wildman–Crippen LogP) is 2.10. The summed E-state index contributed by atoms with van der Waals surface area (Å²) >= 11 is 5.90. The van der Waals surface area contributed by atoms with Gasteiger partial charge in [-0.3, -0.25) is 9.89 Å². The van der Waals surface area contributed by atoms with Crippen LogP contribution in [0.15, 0.2) is 36.5 Å². The van der Waals surface area contributed by atoms with Gasteiger partial charge in [0.05, 0.1) is 6.04 Å². The van der Waals surface area contributed by atoms with Crippen LogP contribution in [0.1, 0.15) is 22.1 Å². The molecule has 0 radical (unpaired) electrons. The summed E-state index contributed by atoms with van der Waals surface area (Å²) in [4.78, 5) is 14.1. The molecule has 0 unspecified atom stereocenters. The number of nitrogens with one attached hydrogen (secondary N) is 2. The molecule has 1 aromatic heterocycles. The molecule has 2 rings (SSSR count). The van der Waals surface area contributed by atoms with Crippen LogP contribution in [0, 0.1) is 0 Å². The third-order valence-electron chi connectivity index (χ3n) is 2.87. The number of carbonyl (C=O) groups is 1. The highest BCUT2D eigenvalue weighted by Gasteiger charge is 2.17. The zero-order valence-electron chi connectivity index (χ0n) is 11.4. The standard InChI is InChI=1S/C14H17ClN4O/c1-19(2)9-13(10-3-5-11(15)6-4-10)17-14(20)12-7-8-16-18-12/h3-8,13H,9H2,1-2H3,(H,16,18)(H,17,20)/t13-/m1/s1. The average Bonchev–Trinajstić information content (AvgIpc) is 2.92. The summed E-state index contributed by atoms with van der Waals surface area (Å²) in [6.45, 7) is 0.696. The fourth-order valence-electron chi connectivity index (χ4n) is 1.91. The van der Waals surface area contributed by atoms with Gasteiger partial charge in [0.1, 0.15) is 5.69 Å². The zero-order valence-corrected chi connectivity index (χ0v) is 12.2. The third kappa shape index (κ3) is 3.82. The zero-order chi connectivity index (χ0) is 14.5. The van der Waals surface area contributed by atoms with E-state index >= 15 is 0 Å². The minimum Gasteiger partial charge on any atom is -0.343 e. The van der Waals surface area contributed by atoms with Gasteiger partial charge >= 0.3 is 0 Å². The molecular weight excluding hydrogens is 276 g/mol. The van der Waals surface area contributed by atoms with Crippen molar-refractivity contribution in [1.29, 1.82) is 0 Å². The number of H-pyrrole nitrogens is 1. The molecule has 0 bridgehead atoms. The minimum atomic E-state index is -0.177. The van der Waals surface area contributed by atoms with E-state index in [-0.39, 0.29) is 11.9 Å². The smallest absolute Gasteiger partial charge is 0.269 e. The van der Waals surface area contributed by atoms with Crippen molar-refractivity contribution in [2.45, 2.75) is 6.04 Å². The van der Waals surface area contributed by atoms with Crippen LogP contribution in [-0.2, 0) is 0 Å². The van der Waals surface area contributed by atoms with Crippen LogP contribution in [0.3, 0.4) is 0 Å². The highest BCUT2D eigenvalue weighted by molar-refractivity contribution is 6.30. The normalized spacial score (nSPS) is 12.4. The molecule has 0 saturated carbocycles. The molecule has 1 heterocycles. The second-order valence-corrected chi connectivity index (χ2v) is 5.25. The maximum Gasteiger partial charge on any atom is 0.269 e. The van der Waals surface area contributed by atoms with Crippen LogP contribution in [-0.4, -0.2) is 41.6 Å². The molecule has 20 heavy (non-hydrogen) atoms. The van der Waals surface area contributed by atoms with Gasteiger partial charge in [0.25, 0.3) is 5.91 Å². The summed E-state index contributed by atoms with van der Waals surface area (Å²) in [5, 5.41) is 10.1. The van der Waals surface area contributed by atoms with Gasteiger partial charge < -0.3 is 10.2 Å². The Hall–Kier alpha value is -1.85. The molecule has 0 fully saturated rings. The first-order valence-electron chi connectivity index (χ1n) is 6.26. The van der Waals surface area contributed by atoms with Gasteiger partial charge in [-0.15, -0.1) is 0 Å². The number of hydrogen-bond donors (Lipinski definition) is 2. The lowest BCUT2D eigenvalue weighted by Crippen LogP contribution is -2.35. The lowest BCUT2D eigenvalue weighted by Gasteiger charge is -2.22. The number of rotatable bonds is 5. The van der Waals surface area contributed by atoms with E-state index in [1.165, 1.54) is 0 Å². The molecule has 1 amide bonds. The summed E-state index contributed by atoms with van der Waals surface area (Å²) in [7, 11) is 3.93. The van der Waals surface area contributed by atoms with Crippen LogP contribution in [0.4, 0.5) is 0 Å². The van der Waals surface area contributed by atoms with E-state index in [0.717, 1.165) is 5.56 Å². The first-order chi connectivity index (χ1) is 9.56. The largest absolute Gasteiger partial charge is 0.343 e. The van der Waals surface area contributed by atoms with Gasteiger partial charge in [0.15, 0.2) is 0 Å². The number of likely N-dealkylation sites (N-methyl/N-ethyl adjacent to an activating group) is 1. The molecule has 5 nitrogen and oxygen atoms in total. The second-order valence-electron chi connectivity index (χ2n) is 4.81. The Labute approximate surface area is 122 Å². The Morgan fingerprint density at radius 2 is 2.05 bits per heavy atom. The van der Waals surface area contributed by atoms with Crippen molar-refractivity contribution in [2.24, 2.45) is 0 Å². The van der Waals surface area contributed by atoms with Gasteiger partial charge in [0, 0.05) is 17.8 Å². The van der Waals surface area contributed by atoms with E-state index in [4.69, 9.17) is 11.6 Å². The predicted molar refractivity (Wildman–Crippen MR) is 78.8 cm³/mol. The van der Waals surface area contributed by atoms with Crippen molar-refractivity contribution in [3.05, 3.63) is 52.8 Å². The van der Waals surface area contributed by atoms with Crippen LogP contribution in [0.2, 0.25) is 5.02 Å². The average molecular weight is 293 g/mol. The first kappa shape index (κ1) is 14.6. The van der Waals surface area contributed by atoms with Crippen molar-refractivity contribution in [1.82, 2.24) is 20.4 Å². The van der Waals surface area contributed by atoms with E-state index in [0.29, 0.717) is 17.3 Å². The Kier molecular flexibility index (Phi) is 4.76. The quantitative estimate of drug-likeness (QED) is 0.887. The van der Waals surface area contributed by atoms with Crippen molar-refractivity contribution >= 4 is 17.5 Å². The van der Waals surface area contributed by atoms with Crippen molar-refractivity contribution in [3.8, 4) is 0 Å². The maximum absolute atomic E-state index is 12.1. The van der Waals surface area contributed by atoms with Crippen LogP contribution >= 0.6 is 11.6 Å². The highest BCUT2D eigenvalue weighted by atomic mass is 35.5. The number of halogens is 1. The van der Waals surface area contributed by atoms with Crippen molar-refractivity contribution in [3.63, 3.8) is 0 Å². The summed E-state index contributed by atoms with van der Waals surface area (Å²) in [6, 6.07) is 9.01. The van der Waals surface area contributed by atoms with Crippen molar-refractivity contribution < 1.29 is 4.79 Å². The Morgan fingerprint density at radius 1 is 1.35 bits per heavy atom. The Bertz CT molecular complexity index is 551. The third-order valence-corrected chi connectivity index (χ3v) is 3.12. The summed E-state index contributed by atoms with van der Waals surface area (Å²) in [6.07, 6.45) is 1.55. The number of amides is 1. The topological polar surface area (TPSA) is 61.0 Å². The van der Waals surface area contributed by atoms with Crippen LogP contribution in [0.25, 0.3) is 0 Å². The second kappa shape index (κ2) is 6.54. The molecule has 6 heteroatoms. The van der Waals surface area contributed by atoms with Crippen molar-refractivity contribution in [2.75, 3.05) is 20.6 Å².